The van der Waals surface area contributed by atoms with Gasteiger partial charge in [0.1, 0.15) is 18.3 Å². The van der Waals surface area contributed by atoms with Crippen LogP contribution in [0.2, 0.25) is 0 Å². The summed E-state index contributed by atoms with van der Waals surface area (Å²) in [5.41, 5.74) is 5.35. The van der Waals surface area contributed by atoms with Gasteiger partial charge < -0.3 is 20.1 Å². The van der Waals surface area contributed by atoms with Gasteiger partial charge in [-0.15, -0.1) is 0 Å². The Hall–Kier alpha value is -4.14. The van der Waals surface area contributed by atoms with Crippen LogP contribution in [0.25, 0.3) is 11.1 Å². The number of alkyl carbamates (subject to hydrolysis) is 1. The fourth-order valence-corrected chi connectivity index (χ4v) is 5.04. The summed E-state index contributed by atoms with van der Waals surface area (Å²) in [4.78, 5) is 38.1. The zero-order valence-electron chi connectivity index (χ0n) is 19.3. The van der Waals surface area contributed by atoms with Gasteiger partial charge in [-0.05, 0) is 41.2 Å². The van der Waals surface area contributed by atoms with Gasteiger partial charge in [0.15, 0.2) is 0 Å². The smallest absolute Gasteiger partial charge is 0.407 e. The second-order valence-corrected chi connectivity index (χ2v) is 8.82. The van der Waals surface area contributed by atoms with Crippen LogP contribution >= 0.6 is 0 Å². The van der Waals surface area contributed by atoms with Gasteiger partial charge in [0, 0.05) is 19.5 Å². The van der Waals surface area contributed by atoms with Gasteiger partial charge in [-0.1, -0.05) is 48.5 Å². The molecule has 1 atom stereocenters. The molecule has 3 aromatic rings. The van der Waals surface area contributed by atoms with E-state index in [4.69, 9.17) is 4.74 Å². The molecule has 2 heterocycles. The van der Waals surface area contributed by atoms with Crippen LogP contribution in [-0.4, -0.2) is 57.0 Å². The minimum atomic E-state index is -1.00. The number of hydrogen-bond acceptors (Lipinski definition) is 5. The van der Waals surface area contributed by atoms with Crippen LogP contribution in [-0.2, 0) is 23.1 Å². The zero-order valence-corrected chi connectivity index (χ0v) is 19.3. The minimum Gasteiger partial charge on any atom is -0.480 e. The van der Waals surface area contributed by atoms with Crippen molar-refractivity contribution in [3.05, 3.63) is 77.1 Å². The van der Waals surface area contributed by atoms with Crippen molar-refractivity contribution in [2.24, 2.45) is 7.05 Å². The number of hydrogen-bond donors (Lipinski definition) is 2. The highest BCUT2D eigenvalue weighted by Crippen LogP contribution is 2.44. The fraction of sp³-hybridized carbons (Fsp3) is 0.308. The Kier molecular flexibility index (Phi) is 5.98. The molecule has 0 radical (unpaired) electrons. The van der Waals surface area contributed by atoms with Crippen LogP contribution in [0.5, 0.6) is 0 Å². The monoisotopic (exact) mass is 474 g/mol. The van der Waals surface area contributed by atoms with E-state index in [1.807, 2.05) is 24.3 Å². The molecule has 1 fully saturated rings. The number of rotatable bonds is 6. The molecule has 0 saturated carbocycles. The number of carboxylic acids is 1. The first-order valence-electron chi connectivity index (χ1n) is 11.6. The van der Waals surface area contributed by atoms with Crippen LogP contribution in [0, 0.1) is 0 Å². The summed E-state index contributed by atoms with van der Waals surface area (Å²) in [6, 6.07) is 17.0. The molecule has 1 saturated heterocycles. The maximum Gasteiger partial charge on any atom is 0.407 e. The first-order valence-corrected chi connectivity index (χ1v) is 11.6. The van der Waals surface area contributed by atoms with Crippen LogP contribution < -0.4 is 5.32 Å². The lowest BCUT2D eigenvalue weighted by molar-refractivity contribution is -0.141. The van der Waals surface area contributed by atoms with E-state index in [1.165, 1.54) is 9.58 Å². The van der Waals surface area contributed by atoms with Crippen molar-refractivity contribution in [2.75, 3.05) is 13.2 Å². The molecule has 5 rings (SSSR count). The van der Waals surface area contributed by atoms with E-state index < -0.39 is 18.1 Å². The van der Waals surface area contributed by atoms with Gasteiger partial charge in [0.25, 0.3) is 5.91 Å². The highest BCUT2D eigenvalue weighted by molar-refractivity contribution is 5.95. The molecule has 2 aliphatic rings. The van der Waals surface area contributed by atoms with E-state index >= 15 is 0 Å². The number of aliphatic carboxylic acids is 1. The molecule has 0 spiro atoms. The van der Waals surface area contributed by atoms with Gasteiger partial charge in [-0.3, -0.25) is 9.48 Å². The minimum absolute atomic E-state index is 0.0325. The van der Waals surface area contributed by atoms with Crippen molar-refractivity contribution in [3.63, 3.8) is 0 Å². The molecule has 1 aliphatic heterocycles. The maximum absolute atomic E-state index is 12.9. The van der Waals surface area contributed by atoms with Crippen molar-refractivity contribution in [3.8, 4) is 11.1 Å². The first-order chi connectivity index (χ1) is 16.9. The number of aromatic nitrogens is 2. The van der Waals surface area contributed by atoms with Crippen molar-refractivity contribution in [1.82, 2.24) is 20.0 Å². The Morgan fingerprint density at radius 2 is 1.74 bits per heavy atom. The topological polar surface area (TPSA) is 114 Å². The van der Waals surface area contributed by atoms with Crippen LogP contribution in [0.3, 0.4) is 0 Å². The second kappa shape index (κ2) is 9.25. The highest BCUT2D eigenvalue weighted by atomic mass is 16.5. The third-order valence-corrected chi connectivity index (χ3v) is 6.71. The standard InChI is InChI=1S/C26H26N4O5/c1-29-23(24(31)30-12-6-11-22(30)25(32)33)13-16(28-29)14-27-26(34)35-15-21-19-9-4-2-7-17(19)18-8-3-5-10-20(18)21/h2-5,7-10,13,21-22H,6,11-12,14-15H2,1H3,(H,27,34)(H,32,33)/t22-/m1/s1. The number of benzene rings is 2. The summed E-state index contributed by atoms with van der Waals surface area (Å²) in [6.07, 6.45) is 0.516. The van der Waals surface area contributed by atoms with Gasteiger partial charge >= 0.3 is 12.1 Å². The number of aryl methyl sites for hydroxylation is 1. The number of nitrogens with zero attached hydrogens (tertiary/aromatic N) is 3. The Morgan fingerprint density at radius 1 is 1.09 bits per heavy atom. The summed E-state index contributed by atoms with van der Waals surface area (Å²) in [5.74, 6) is -1.41. The van der Waals surface area contributed by atoms with Crippen LogP contribution in [0.1, 0.15) is 46.1 Å². The van der Waals surface area contributed by atoms with Crippen molar-refractivity contribution in [2.45, 2.75) is 31.3 Å². The number of amides is 2. The molecule has 0 bridgehead atoms. The first kappa shape index (κ1) is 22.6. The molecule has 0 unspecified atom stereocenters. The maximum atomic E-state index is 12.9. The lowest BCUT2D eigenvalue weighted by Gasteiger charge is -2.21. The summed E-state index contributed by atoms with van der Waals surface area (Å²) >= 11 is 0. The molecule has 1 aromatic heterocycles. The van der Waals surface area contributed by atoms with E-state index in [-0.39, 0.29) is 30.7 Å². The third-order valence-electron chi connectivity index (χ3n) is 6.71. The number of fused-ring (bicyclic) bond motifs is 3. The molecule has 180 valence electrons. The summed E-state index contributed by atoms with van der Waals surface area (Å²) < 4.78 is 6.95. The Labute approximate surface area is 202 Å². The number of carboxylic acid groups (broad SMARTS) is 1. The molecule has 2 aromatic carbocycles. The van der Waals surface area contributed by atoms with E-state index in [0.29, 0.717) is 25.1 Å². The Balaban J connectivity index is 1.20. The molecule has 35 heavy (non-hydrogen) atoms. The number of nitrogens with one attached hydrogen (secondary N) is 1. The molecule has 2 amide bonds. The predicted molar refractivity (Wildman–Crippen MR) is 127 cm³/mol. The average Bonchev–Trinajstić information content (AvgIpc) is 3.57. The van der Waals surface area contributed by atoms with Crippen molar-refractivity contribution < 1.29 is 24.2 Å². The van der Waals surface area contributed by atoms with E-state index in [1.54, 1.807) is 13.1 Å². The van der Waals surface area contributed by atoms with Gasteiger partial charge in [-0.25, -0.2) is 9.59 Å². The summed E-state index contributed by atoms with van der Waals surface area (Å²) in [5, 5.41) is 16.3. The van der Waals surface area contributed by atoms with Gasteiger partial charge in [0.05, 0.1) is 12.2 Å². The lowest BCUT2D eigenvalue weighted by atomic mass is 9.98. The number of carbonyl (C=O) groups is 3. The largest absolute Gasteiger partial charge is 0.480 e. The number of likely N-dealkylation sites (tertiary alicyclic amines) is 1. The second-order valence-electron chi connectivity index (χ2n) is 8.82. The molecular weight excluding hydrogens is 448 g/mol. The molecule has 9 heteroatoms. The zero-order chi connectivity index (χ0) is 24.5. The van der Waals surface area contributed by atoms with Crippen LogP contribution in [0.4, 0.5) is 4.79 Å². The predicted octanol–water partition coefficient (Wildman–Crippen LogP) is 3.15. The third kappa shape index (κ3) is 4.25. The fourth-order valence-electron chi connectivity index (χ4n) is 5.04. The van der Waals surface area contributed by atoms with E-state index in [0.717, 1.165) is 22.3 Å². The quantitative estimate of drug-likeness (QED) is 0.567. The van der Waals surface area contributed by atoms with E-state index in [2.05, 4.69) is 34.7 Å². The Bertz CT molecular complexity index is 1250. The summed E-state index contributed by atoms with van der Waals surface area (Å²) in [7, 11) is 1.62. The van der Waals surface area contributed by atoms with E-state index in [9.17, 15) is 19.5 Å². The highest BCUT2D eigenvalue weighted by Gasteiger charge is 2.35. The summed E-state index contributed by atoms with van der Waals surface area (Å²) in [6.45, 7) is 0.686. The van der Waals surface area contributed by atoms with Crippen molar-refractivity contribution in [1.29, 1.82) is 0 Å². The number of carbonyl (C=O) groups excluding carboxylic acids is 2. The SMILES string of the molecule is Cn1nc(CNC(=O)OCC2c3ccccc3-c3ccccc32)cc1C(=O)N1CCC[C@@H]1C(=O)O. The molecular formula is C26H26N4O5. The normalized spacial score (nSPS) is 16.6. The Morgan fingerprint density at radius 3 is 2.40 bits per heavy atom. The molecule has 2 N–H and O–H groups in total. The lowest BCUT2D eigenvalue weighted by Crippen LogP contribution is -2.41. The van der Waals surface area contributed by atoms with Crippen molar-refractivity contribution >= 4 is 18.0 Å². The average molecular weight is 475 g/mol. The molecule has 1 aliphatic carbocycles. The number of ether oxygens (including phenoxy) is 1. The van der Waals surface area contributed by atoms with Gasteiger partial charge in [-0.2, -0.15) is 5.10 Å². The molecule has 9 nitrogen and oxygen atoms in total. The van der Waals surface area contributed by atoms with Crippen LogP contribution in [0.15, 0.2) is 54.6 Å². The van der Waals surface area contributed by atoms with Gasteiger partial charge in [0.2, 0.25) is 0 Å².